The topological polar surface area (TPSA) is 116 Å². The summed E-state index contributed by atoms with van der Waals surface area (Å²) in [5.74, 6) is 0. The van der Waals surface area contributed by atoms with E-state index in [0.29, 0.717) is 6.42 Å². The fourth-order valence-electron chi connectivity index (χ4n) is 3.16. The molecule has 0 aromatic carbocycles. The predicted molar refractivity (Wildman–Crippen MR) is 124 cm³/mol. The van der Waals surface area contributed by atoms with Gasteiger partial charge in [-0.1, -0.05) is 103 Å². The summed E-state index contributed by atoms with van der Waals surface area (Å²) < 4.78 is 33.3. The normalized spacial score (nSPS) is 13.5. The van der Waals surface area contributed by atoms with E-state index < -0.39 is 22.9 Å². The molecule has 0 radical (unpaired) electrons. The van der Waals surface area contributed by atoms with Gasteiger partial charge in [0.25, 0.3) is 0 Å². The molecule has 7 nitrogen and oxygen atoms in total. The van der Waals surface area contributed by atoms with Crippen molar-refractivity contribution in [3.8, 4) is 0 Å². The van der Waals surface area contributed by atoms with Crippen LogP contribution in [-0.2, 0) is 14.6 Å². The van der Waals surface area contributed by atoms with Gasteiger partial charge in [0.2, 0.25) is 0 Å². The Morgan fingerprint density at radius 3 is 1.20 bits per heavy atom. The molecule has 0 heterocycles. The van der Waals surface area contributed by atoms with Gasteiger partial charge in [0.05, 0.1) is 6.61 Å². The Morgan fingerprint density at radius 1 is 0.667 bits per heavy atom. The van der Waals surface area contributed by atoms with E-state index in [1.807, 2.05) is 0 Å². The van der Waals surface area contributed by atoms with E-state index in [1.165, 1.54) is 83.5 Å². The molecule has 0 aliphatic carbocycles. The molecule has 0 aromatic heterocycles. The molecule has 0 aliphatic rings. The van der Waals surface area contributed by atoms with Crippen LogP contribution in [0, 0.1) is 0 Å². The molecule has 0 bridgehead atoms. The molecule has 184 valence electrons. The molecule has 0 saturated heterocycles. The van der Waals surface area contributed by atoms with Crippen LogP contribution >= 0.6 is 0 Å². The van der Waals surface area contributed by atoms with Crippen LogP contribution in [0.5, 0.6) is 0 Å². The third-order valence-corrected chi connectivity index (χ3v) is 5.18. The standard InChI is InChI=1S/C18H38O4S.C4H11NO2/c1-2-3-4-5-6-7-8-9-10-11-12-13-14-15-16-17-18-22-23(19,20)21;1-3(6)5-4(2)7/h2-18H2,1H3,(H,19,20,21);3-7H,1-2H3. The second-order valence-electron chi connectivity index (χ2n) is 8.07. The molecular weight excluding hydrogens is 406 g/mol. The predicted octanol–water partition coefficient (Wildman–Crippen LogP) is 5.32. The van der Waals surface area contributed by atoms with Gasteiger partial charge in [-0.2, -0.15) is 8.42 Å². The van der Waals surface area contributed by atoms with Gasteiger partial charge in [-0.3, -0.25) is 9.87 Å². The van der Waals surface area contributed by atoms with Crippen molar-refractivity contribution in [2.24, 2.45) is 0 Å². The number of aliphatic hydroxyl groups is 2. The lowest BCUT2D eigenvalue weighted by Gasteiger charge is -2.08. The SMILES string of the molecule is CC(O)NC(C)O.CCCCCCCCCCCCCCCCCCOS(=O)(=O)O. The summed E-state index contributed by atoms with van der Waals surface area (Å²) in [6, 6.07) is 0. The Morgan fingerprint density at radius 2 is 0.967 bits per heavy atom. The highest BCUT2D eigenvalue weighted by Crippen LogP contribution is 2.13. The maximum atomic E-state index is 10.3. The van der Waals surface area contributed by atoms with Crippen molar-refractivity contribution in [3.05, 3.63) is 0 Å². The number of rotatable bonds is 20. The molecule has 0 aliphatic heterocycles. The van der Waals surface area contributed by atoms with Crippen LogP contribution < -0.4 is 5.32 Å². The monoisotopic (exact) mass is 455 g/mol. The third kappa shape index (κ3) is 35.2. The van der Waals surface area contributed by atoms with E-state index in [2.05, 4.69) is 16.4 Å². The van der Waals surface area contributed by atoms with Gasteiger partial charge >= 0.3 is 10.4 Å². The minimum atomic E-state index is -4.24. The lowest BCUT2D eigenvalue weighted by Crippen LogP contribution is -2.33. The second-order valence-corrected chi connectivity index (χ2v) is 9.16. The third-order valence-electron chi connectivity index (χ3n) is 4.71. The first-order chi connectivity index (χ1) is 14.2. The van der Waals surface area contributed by atoms with Crippen molar-refractivity contribution < 1.29 is 27.4 Å². The van der Waals surface area contributed by atoms with Gasteiger partial charge in [-0.25, -0.2) is 4.18 Å². The summed E-state index contributed by atoms with van der Waals surface area (Å²) >= 11 is 0. The van der Waals surface area contributed by atoms with Crippen LogP contribution in [0.4, 0.5) is 0 Å². The van der Waals surface area contributed by atoms with Crippen LogP contribution in [0.2, 0.25) is 0 Å². The number of unbranched alkanes of at least 4 members (excludes halogenated alkanes) is 15. The van der Waals surface area contributed by atoms with E-state index in [0.717, 1.165) is 12.8 Å². The van der Waals surface area contributed by atoms with E-state index in [9.17, 15) is 8.42 Å². The van der Waals surface area contributed by atoms with Crippen molar-refractivity contribution in [2.75, 3.05) is 6.61 Å². The first-order valence-corrected chi connectivity index (χ1v) is 13.3. The van der Waals surface area contributed by atoms with E-state index >= 15 is 0 Å². The first kappa shape index (κ1) is 31.9. The average molecular weight is 456 g/mol. The zero-order chi connectivity index (χ0) is 23.1. The second kappa shape index (κ2) is 23.4. The highest BCUT2D eigenvalue weighted by Gasteiger charge is 2.02. The molecule has 2 atom stereocenters. The van der Waals surface area contributed by atoms with Gasteiger partial charge in [0.15, 0.2) is 0 Å². The van der Waals surface area contributed by atoms with Crippen LogP contribution in [0.1, 0.15) is 124 Å². The summed E-state index contributed by atoms with van der Waals surface area (Å²) in [6.07, 6.45) is 19.2. The zero-order valence-corrected chi connectivity index (χ0v) is 20.5. The van der Waals surface area contributed by atoms with Crippen molar-refractivity contribution >= 4 is 10.4 Å². The zero-order valence-electron chi connectivity index (χ0n) is 19.7. The van der Waals surface area contributed by atoms with E-state index in [-0.39, 0.29) is 6.61 Å². The molecule has 0 aromatic rings. The Bertz CT molecular complexity index is 423. The Kier molecular flexibility index (Phi) is 24.9. The largest absolute Gasteiger partial charge is 0.397 e. The van der Waals surface area contributed by atoms with Crippen molar-refractivity contribution in [3.63, 3.8) is 0 Å². The lowest BCUT2D eigenvalue weighted by atomic mass is 10.0. The number of nitrogens with one attached hydrogen (secondary N) is 1. The fraction of sp³-hybridized carbons (Fsp3) is 1.00. The number of aliphatic hydroxyl groups excluding tert-OH is 2. The Hall–Kier alpha value is -0.250. The van der Waals surface area contributed by atoms with Gasteiger partial charge in [-0.05, 0) is 20.3 Å². The molecule has 0 spiro atoms. The van der Waals surface area contributed by atoms with Gasteiger partial charge in [0, 0.05) is 0 Å². The summed E-state index contributed by atoms with van der Waals surface area (Å²) in [6.45, 7) is 5.45. The minimum absolute atomic E-state index is 0.0945. The summed E-state index contributed by atoms with van der Waals surface area (Å²) in [7, 11) is -4.24. The van der Waals surface area contributed by atoms with Crippen molar-refractivity contribution in [2.45, 2.75) is 136 Å². The maximum Gasteiger partial charge on any atom is 0.397 e. The first-order valence-electron chi connectivity index (χ1n) is 11.9. The molecule has 0 saturated carbocycles. The number of hydrogen-bond acceptors (Lipinski definition) is 6. The van der Waals surface area contributed by atoms with Crippen LogP contribution in [0.3, 0.4) is 0 Å². The molecular formula is C22H49NO6S. The van der Waals surface area contributed by atoms with Crippen LogP contribution in [-0.4, -0.2) is 42.2 Å². The minimum Gasteiger partial charge on any atom is -0.379 e. The van der Waals surface area contributed by atoms with Gasteiger partial charge in [0.1, 0.15) is 12.5 Å². The Labute approximate surface area is 185 Å². The van der Waals surface area contributed by atoms with E-state index in [4.69, 9.17) is 14.8 Å². The molecule has 4 N–H and O–H groups in total. The Balaban J connectivity index is 0. The highest BCUT2D eigenvalue weighted by atomic mass is 32.3. The summed E-state index contributed by atoms with van der Waals surface area (Å²) in [5, 5.41) is 19.3. The molecule has 30 heavy (non-hydrogen) atoms. The highest BCUT2D eigenvalue weighted by molar-refractivity contribution is 7.80. The van der Waals surface area contributed by atoms with Crippen LogP contribution in [0.25, 0.3) is 0 Å². The van der Waals surface area contributed by atoms with Crippen molar-refractivity contribution in [1.82, 2.24) is 5.32 Å². The molecule has 0 rings (SSSR count). The van der Waals surface area contributed by atoms with Crippen molar-refractivity contribution in [1.29, 1.82) is 0 Å². The quantitative estimate of drug-likeness (QED) is 0.111. The average Bonchev–Trinajstić information content (AvgIpc) is 2.63. The van der Waals surface area contributed by atoms with Gasteiger partial charge in [-0.15, -0.1) is 0 Å². The fourth-order valence-corrected chi connectivity index (χ4v) is 3.49. The molecule has 0 amide bonds. The van der Waals surface area contributed by atoms with Gasteiger partial charge < -0.3 is 10.2 Å². The summed E-state index contributed by atoms with van der Waals surface area (Å²) in [5.41, 5.74) is 0. The summed E-state index contributed by atoms with van der Waals surface area (Å²) in [4.78, 5) is 0. The molecule has 2 unspecified atom stereocenters. The van der Waals surface area contributed by atoms with Crippen LogP contribution in [0.15, 0.2) is 0 Å². The van der Waals surface area contributed by atoms with E-state index in [1.54, 1.807) is 13.8 Å². The number of hydrogen-bond donors (Lipinski definition) is 4. The smallest absolute Gasteiger partial charge is 0.379 e. The maximum absolute atomic E-state index is 10.3. The lowest BCUT2D eigenvalue weighted by molar-refractivity contribution is 0.0632. The molecule has 0 fully saturated rings. The molecule has 8 heteroatoms.